The van der Waals surface area contributed by atoms with Crippen LogP contribution in [-0.2, 0) is 23.6 Å². The van der Waals surface area contributed by atoms with E-state index >= 15 is 0 Å². The summed E-state index contributed by atoms with van der Waals surface area (Å²) < 4.78 is 28.7. The molecule has 0 bridgehead atoms. The van der Waals surface area contributed by atoms with Gasteiger partial charge in [-0.05, 0) is 30.3 Å². The van der Waals surface area contributed by atoms with E-state index in [4.69, 9.17) is 11.6 Å². The summed E-state index contributed by atoms with van der Waals surface area (Å²) in [5.74, 6) is 0.223. The third kappa shape index (κ3) is 4.14. The molecule has 0 spiro atoms. The minimum absolute atomic E-state index is 0.0403. The highest BCUT2D eigenvalue weighted by atomic mass is 35.5. The average Bonchev–Trinajstić information content (AvgIpc) is 3.03. The second-order valence-corrected chi connectivity index (χ2v) is 8.83. The Bertz CT molecular complexity index is 1150. The molecule has 7 nitrogen and oxygen atoms in total. The van der Waals surface area contributed by atoms with E-state index in [1.54, 1.807) is 13.8 Å². The van der Waals surface area contributed by atoms with Crippen LogP contribution in [0.1, 0.15) is 30.0 Å². The summed E-state index contributed by atoms with van der Waals surface area (Å²) in [7, 11) is -1.81. The number of hydrogen-bond donors (Lipinski definition) is 1. The number of rotatable bonds is 7. The molecule has 1 amide bonds. The van der Waals surface area contributed by atoms with Crippen molar-refractivity contribution in [2.75, 3.05) is 13.1 Å². The molecule has 0 radical (unpaired) electrons. The van der Waals surface area contributed by atoms with Crippen molar-refractivity contribution in [2.24, 2.45) is 7.05 Å². The number of nitrogens with one attached hydrogen (secondary N) is 1. The number of aryl methyl sites for hydroxylation is 1. The molecule has 154 valence electrons. The molecular weight excluding hydrogens is 412 g/mol. The van der Waals surface area contributed by atoms with Crippen LogP contribution >= 0.6 is 11.6 Å². The Morgan fingerprint density at radius 3 is 2.52 bits per heavy atom. The second kappa shape index (κ2) is 8.52. The number of halogens is 1. The van der Waals surface area contributed by atoms with E-state index in [0.717, 1.165) is 11.0 Å². The number of sulfonamides is 1. The molecule has 0 saturated heterocycles. The maximum absolute atomic E-state index is 12.7. The highest BCUT2D eigenvalue weighted by Gasteiger charge is 2.24. The SMILES string of the molecule is CCN(CC)S(=O)(=O)c1ccc(Cl)c(C(=O)NCc2nc3ccccc3n2C)c1. The highest BCUT2D eigenvalue weighted by Crippen LogP contribution is 2.23. The van der Waals surface area contributed by atoms with Gasteiger partial charge in [0, 0.05) is 20.1 Å². The Balaban J connectivity index is 1.84. The van der Waals surface area contributed by atoms with E-state index in [9.17, 15) is 13.2 Å². The number of imidazole rings is 1. The van der Waals surface area contributed by atoms with Crippen molar-refractivity contribution >= 4 is 38.6 Å². The molecule has 0 fully saturated rings. The molecule has 9 heteroatoms. The van der Waals surface area contributed by atoms with E-state index in [-0.39, 0.29) is 22.0 Å². The first kappa shape index (κ1) is 21.3. The molecule has 3 rings (SSSR count). The van der Waals surface area contributed by atoms with E-state index in [1.165, 1.54) is 22.5 Å². The van der Waals surface area contributed by atoms with Gasteiger partial charge in [-0.1, -0.05) is 37.6 Å². The van der Waals surface area contributed by atoms with Crippen LogP contribution in [0.3, 0.4) is 0 Å². The van der Waals surface area contributed by atoms with Crippen LogP contribution < -0.4 is 5.32 Å². The minimum atomic E-state index is -3.69. The van der Waals surface area contributed by atoms with Gasteiger partial charge in [-0.15, -0.1) is 0 Å². The summed E-state index contributed by atoms with van der Waals surface area (Å²) >= 11 is 6.18. The van der Waals surface area contributed by atoms with Gasteiger partial charge in [0.15, 0.2) is 0 Å². The summed E-state index contributed by atoms with van der Waals surface area (Å²) in [6.45, 7) is 4.40. The van der Waals surface area contributed by atoms with Crippen molar-refractivity contribution in [1.82, 2.24) is 19.2 Å². The number of amides is 1. The monoisotopic (exact) mass is 434 g/mol. The summed E-state index contributed by atoms with van der Waals surface area (Å²) in [6, 6.07) is 11.8. The fourth-order valence-electron chi connectivity index (χ4n) is 3.16. The van der Waals surface area contributed by atoms with Crippen LogP contribution in [0.5, 0.6) is 0 Å². The van der Waals surface area contributed by atoms with Crippen molar-refractivity contribution in [3.63, 3.8) is 0 Å². The first-order chi connectivity index (χ1) is 13.8. The third-order valence-corrected chi connectivity index (χ3v) is 7.19. The Morgan fingerprint density at radius 2 is 1.86 bits per heavy atom. The largest absolute Gasteiger partial charge is 0.345 e. The lowest BCUT2D eigenvalue weighted by atomic mass is 10.2. The summed E-state index contributed by atoms with van der Waals surface area (Å²) in [5.41, 5.74) is 1.91. The van der Waals surface area contributed by atoms with Gasteiger partial charge >= 0.3 is 0 Å². The van der Waals surface area contributed by atoms with E-state index in [0.29, 0.717) is 18.9 Å². The van der Waals surface area contributed by atoms with Crippen LogP contribution in [-0.4, -0.2) is 41.3 Å². The van der Waals surface area contributed by atoms with Crippen LogP contribution in [0.2, 0.25) is 5.02 Å². The molecule has 3 aromatic rings. The zero-order valence-corrected chi connectivity index (χ0v) is 18.1. The van der Waals surface area contributed by atoms with Gasteiger partial charge in [0.2, 0.25) is 10.0 Å². The summed E-state index contributed by atoms with van der Waals surface area (Å²) in [5, 5.41) is 2.96. The van der Waals surface area contributed by atoms with E-state index in [1.807, 2.05) is 35.9 Å². The van der Waals surface area contributed by atoms with Crippen LogP contribution in [0.4, 0.5) is 0 Å². The van der Waals surface area contributed by atoms with Crippen molar-refractivity contribution in [3.8, 4) is 0 Å². The van der Waals surface area contributed by atoms with E-state index in [2.05, 4.69) is 10.3 Å². The molecule has 0 atom stereocenters. The molecule has 0 aliphatic heterocycles. The number of para-hydroxylation sites is 2. The van der Waals surface area contributed by atoms with E-state index < -0.39 is 15.9 Å². The Hall–Kier alpha value is -2.42. The molecule has 0 saturated carbocycles. The van der Waals surface area contributed by atoms with Crippen molar-refractivity contribution in [1.29, 1.82) is 0 Å². The Kier molecular flexibility index (Phi) is 6.26. The van der Waals surface area contributed by atoms with Crippen molar-refractivity contribution in [3.05, 3.63) is 58.9 Å². The Morgan fingerprint density at radius 1 is 1.17 bits per heavy atom. The number of carbonyl (C=O) groups excluding carboxylic acids is 1. The third-order valence-electron chi connectivity index (χ3n) is 4.81. The number of aromatic nitrogens is 2. The lowest BCUT2D eigenvalue weighted by molar-refractivity contribution is 0.0949. The number of fused-ring (bicyclic) bond motifs is 1. The van der Waals surface area contributed by atoms with Gasteiger partial charge in [-0.2, -0.15) is 4.31 Å². The summed E-state index contributed by atoms with van der Waals surface area (Å²) in [6.07, 6.45) is 0. The molecule has 1 heterocycles. The first-order valence-electron chi connectivity index (χ1n) is 9.27. The molecule has 29 heavy (non-hydrogen) atoms. The topological polar surface area (TPSA) is 84.3 Å². The van der Waals surface area contributed by atoms with Crippen LogP contribution in [0.25, 0.3) is 11.0 Å². The lowest BCUT2D eigenvalue weighted by Crippen LogP contribution is -2.31. The van der Waals surface area contributed by atoms with Crippen molar-refractivity contribution in [2.45, 2.75) is 25.3 Å². The smallest absolute Gasteiger partial charge is 0.253 e. The first-order valence-corrected chi connectivity index (χ1v) is 11.1. The number of hydrogen-bond acceptors (Lipinski definition) is 4. The van der Waals surface area contributed by atoms with Crippen LogP contribution in [0.15, 0.2) is 47.4 Å². The van der Waals surface area contributed by atoms with Gasteiger partial charge in [-0.3, -0.25) is 4.79 Å². The number of nitrogens with zero attached hydrogens (tertiary/aromatic N) is 3. The highest BCUT2D eigenvalue weighted by molar-refractivity contribution is 7.89. The Labute approximate surface area is 175 Å². The van der Waals surface area contributed by atoms with Gasteiger partial charge in [-0.25, -0.2) is 13.4 Å². The molecule has 0 aliphatic rings. The lowest BCUT2D eigenvalue weighted by Gasteiger charge is -2.19. The zero-order valence-electron chi connectivity index (χ0n) is 16.5. The van der Waals surface area contributed by atoms with Gasteiger partial charge in [0.05, 0.1) is 33.1 Å². The standard InChI is InChI=1S/C20H23ClN4O3S/c1-4-25(5-2)29(27,28)14-10-11-16(21)15(12-14)20(26)22-13-19-23-17-8-6-7-9-18(17)24(19)3/h6-12H,4-5,13H2,1-3H3,(H,22,26). The zero-order chi connectivity index (χ0) is 21.2. The number of carbonyl (C=O) groups is 1. The molecule has 1 N–H and O–H groups in total. The molecule has 2 aromatic carbocycles. The summed E-state index contributed by atoms with van der Waals surface area (Å²) in [4.78, 5) is 17.3. The van der Waals surface area contributed by atoms with Gasteiger partial charge in [0.1, 0.15) is 5.82 Å². The minimum Gasteiger partial charge on any atom is -0.345 e. The number of benzene rings is 2. The molecular formula is C20H23ClN4O3S. The van der Waals surface area contributed by atoms with Gasteiger partial charge in [0.25, 0.3) is 5.91 Å². The predicted molar refractivity (Wildman–Crippen MR) is 113 cm³/mol. The van der Waals surface area contributed by atoms with Gasteiger partial charge < -0.3 is 9.88 Å². The predicted octanol–water partition coefficient (Wildman–Crippen LogP) is 3.19. The normalized spacial score (nSPS) is 11.9. The molecule has 1 aromatic heterocycles. The molecule has 0 aliphatic carbocycles. The second-order valence-electron chi connectivity index (χ2n) is 6.49. The molecule has 0 unspecified atom stereocenters. The van der Waals surface area contributed by atoms with Crippen molar-refractivity contribution < 1.29 is 13.2 Å². The maximum Gasteiger partial charge on any atom is 0.253 e. The fourth-order valence-corrected chi connectivity index (χ4v) is 4.85. The quantitative estimate of drug-likeness (QED) is 0.618. The average molecular weight is 435 g/mol. The maximum atomic E-state index is 12.7. The fraction of sp³-hybridized carbons (Fsp3) is 0.300. The van der Waals surface area contributed by atoms with Crippen LogP contribution in [0, 0.1) is 0 Å².